The Kier molecular flexibility index (Phi) is 6.87. The largest absolute Gasteiger partial charge is 0.351 e. The van der Waals surface area contributed by atoms with Gasteiger partial charge in [-0.05, 0) is 38.3 Å². The molecule has 8 heteroatoms. The van der Waals surface area contributed by atoms with Gasteiger partial charge in [0.15, 0.2) is 0 Å². The Morgan fingerprint density at radius 1 is 1.10 bits per heavy atom. The monoisotopic (exact) mass is 435 g/mol. The number of aryl methyl sites for hydroxylation is 1. The second-order valence-electron chi connectivity index (χ2n) is 8.84. The van der Waals surface area contributed by atoms with Crippen LogP contribution in [0.15, 0.2) is 24.3 Å². The fraction of sp³-hybridized carbons (Fsp3) is 0.636. The lowest BCUT2D eigenvalue weighted by atomic mass is 9.91. The van der Waals surface area contributed by atoms with Gasteiger partial charge >= 0.3 is 0 Å². The average Bonchev–Trinajstić information content (AvgIpc) is 2.64. The van der Waals surface area contributed by atoms with E-state index in [1.807, 2.05) is 31.2 Å². The molecule has 2 fully saturated rings. The van der Waals surface area contributed by atoms with Crippen LogP contribution in [0.1, 0.15) is 57.4 Å². The number of sulfonamides is 1. The smallest absolute Gasteiger partial charge is 0.247 e. The number of carbonyl (C=O) groups is 2. The number of nitrogens with zero attached hydrogens (tertiary/aromatic N) is 2. The fourth-order valence-electron chi connectivity index (χ4n) is 4.53. The summed E-state index contributed by atoms with van der Waals surface area (Å²) in [5, 5.41) is 3.15. The van der Waals surface area contributed by atoms with Crippen LogP contribution in [0.25, 0.3) is 0 Å². The molecule has 1 aromatic rings. The summed E-state index contributed by atoms with van der Waals surface area (Å²) in [6.07, 6.45) is 8.60. The van der Waals surface area contributed by atoms with Crippen LogP contribution < -0.4 is 10.2 Å². The molecule has 0 spiro atoms. The number of carbonyl (C=O) groups excluding carboxylic acids is 2. The van der Waals surface area contributed by atoms with E-state index in [2.05, 4.69) is 5.32 Å². The van der Waals surface area contributed by atoms with Crippen molar-refractivity contribution in [1.29, 1.82) is 0 Å². The summed E-state index contributed by atoms with van der Waals surface area (Å²) >= 11 is 0. The van der Waals surface area contributed by atoms with E-state index < -0.39 is 21.5 Å². The summed E-state index contributed by atoms with van der Waals surface area (Å²) < 4.78 is 25.6. The fourth-order valence-corrected chi connectivity index (χ4v) is 5.36. The van der Waals surface area contributed by atoms with E-state index in [0.717, 1.165) is 41.8 Å². The maximum absolute atomic E-state index is 13.6. The minimum atomic E-state index is -3.62. The van der Waals surface area contributed by atoms with Crippen molar-refractivity contribution >= 4 is 27.5 Å². The molecule has 30 heavy (non-hydrogen) atoms. The summed E-state index contributed by atoms with van der Waals surface area (Å²) in [5.74, 6) is -0.686. The molecule has 0 aromatic heterocycles. The molecule has 1 unspecified atom stereocenters. The van der Waals surface area contributed by atoms with Gasteiger partial charge in [-0.25, -0.2) is 8.42 Å². The molecular weight excluding hydrogens is 402 g/mol. The molecule has 7 nitrogen and oxygen atoms in total. The third-order valence-corrected chi connectivity index (χ3v) is 7.49. The minimum absolute atomic E-state index is 0.0528. The molecule has 1 aliphatic carbocycles. The van der Waals surface area contributed by atoms with Gasteiger partial charge in [-0.2, -0.15) is 4.31 Å². The van der Waals surface area contributed by atoms with Crippen molar-refractivity contribution < 1.29 is 18.0 Å². The number of anilines is 1. The van der Waals surface area contributed by atoms with E-state index in [0.29, 0.717) is 5.69 Å². The Bertz CT molecular complexity index is 893. The van der Waals surface area contributed by atoms with Crippen LogP contribution in [-0.4, -0.2) is 55.5 Å². The Balaban J connectivity index is 1.95. The van der Waals surface area contributed by atoms with Gasteiger partial charge in [0.05, 0.1) is 12.8 Å². The molecule has 2 aliphatic rings. The van der Waals surface area contributed by atoms with Crippen molar-refractivity contribution in [1.82, 2.24) is 9.62 Å². The van der Waals surface area contributed by atoms with Gasteiger partial charge in [-0.3, -0.25) is 14.5 Å². The second-order valence-corrected chi connectivity index (χ2v) is 10.8. The van der Waals surface area contributed by atoms with Crippen molar-refractivity contribution in [2.24, 2.45) is 0 Å². The number of hydrogen-bond donors (Lipinski definition) is 1. The predicted octanol–water partition coefficient (Wildman–Crippen LogP) is 2.59. The maximum Gasteiger partial charge on any atom is 0.247 e. The Morgan fingerprint density at radius 2 is 1.70 bits per heavy atom. The van der Waals surface area contributed by atoms with Crippen LogP contribution in [0, 0.1) is 6.92 Å². The number of piperazine rings is 1. The first kappa shape index (κ1) is 22.7. The highest BCUT2D eigenvalue weighted by atomic mass is 32.2. The maximum atomic E-state index is 13.6. The van der Waals surface area contributed by atoms with Gasteiger partial charge < -0.3 is 5.32 Å². The highest BCUT2D eigenvalue weighted by molar-refractivity contribution is 7.88. The van der Waals surface area contributed by atoms with Gasteiger partial charge in [0.2, 0.25) is 21.8 Å². The first-order chi connectivity index (χ1) is 14.1. The summed E-state index contributed by atoms with van der Waals surface area (Å²) in [6.45, 7) is 3.23. The Morgan fingerprint density at radius 3 is 2.30 bits per heavy atom. The number of rotatable bonds is 4. The van der Waals surface area contributed by atoms with Crippen molar-refractivity contribution in [3.8, 4) is 0 Å². The van der Waals surface area contributed by atoms with Gasteiger partial charge in [0, 0.05) is 18.3 Å². The highest BCUT2D eigenvalue weighted by Crippen LogP contribution is 2.33. The molecule has 2 amide bonds. The zero-order chi connectivity index (χ0) is 21.9. The molecule has 1 saturated heterocycles. The molecule has 166 valence electrons. The van der Waals surface area contributed by atoms with Gasteiger partial charge in [-0.1, -0.05) is 50.3 Å². The summed E-state index contributed by atoms with van der Waals surface area (Å²) in [5.41, 5.74) is 0.182. The minimum Gasteiger partial charge on any atom is -0.351 e. The average molecular weight is 436 g/mol. The van der Waals surface area contributed by atoms with Crippen molar-refractivity contribution in [3.05, 3.63) is 29.8 Å². The summed E-state index contributed by atoms with van der Waals surface area (Å²) in [4.78, 5) is 28.2. The lowest BCUT2D eigenvalue weighted by Gasteiger charge is -2.47. The molecule has 3 rings (SSSR count). The predicted molar refractivity (Wildman–Crippen MR) is 118 cm³/mol. The number of hydrogen-bond acceptors (Lipinski definition) is 4. The highest BCUT2D eigenvalue weighted by Gasteiger charge is 2.50. The molecular formula is C22H33N3O4S. The van der Waals surface area contributed by atoms with Crippen molar-refractivity contribution in [3.63, 3.8) is 0 Å². The summed E-state index contributed by atoms with van der Waals surface area (Å²) in [7, 11) is -3.62. The standard InChI is InChI=1S/C22H33N3O4S/c1-17-11-9-10-14-19(17)25-20(26)15-24(30(3,28)29)16-22(25,2)21(27)23-18-12-7-5-4-6-8-13-18/h9-11,14,18H,4-8,12-13,15-16H2,1-3H3,(H,23,27). The lowest BCUT2D eigenvalue weighted by Crippen LogP contribution is -2.70. The zero-order valence-electron chi connectivity index (χ0n) is 18.2. The third kappa shape index (κ3) is 4.86. The SMILES string of the molecule is Cc1ccccc1N1C(=O)CN(S(C)(=O)=O)CC1(C)C(=O)NC1CCCCCCC1. The molecule has 0 radical (unpaired) electrons. The van der Waals surface area contributed by atoms with Gasteiger partial charge in [0.1, 0.15) is 5.54 Å². The van der Waals surface area contributed by atoms with Crippen molar-refractivity contribution in [2.75, 3.05) is 24.2 Å². The van der Waals surface area contributed by atoms with Crippen LogP contribution in [0.5, 0.6) is 0 Å². The molecule has 1 N–H and O–H groups in total. The van der Waals surface area contributed by atoms with E-state index in [4.69, 9.17) is 0 Å². The lowest BCUT2D eigenvalue weighted by molar-refractivity contribution is -0.133. The molecule has 1 aliphatic heterocycles. The van der Waals surface area contributed by atoms with E-state index in [1.54, 1.807) is 6.92 Å². The quantitative estimate of drug-likeness (QED) is 0.788. The van der Waals surface area contributed by atoms with Crippen LogP contribution in [-0.2, 0) is 19.6 Å². The van der Waals surface area contributed by atoms with E-state index in [1.165, 1.54) is 24.2 Å². The van der Waals surface area contributed by atoms with Gasteiger partial charge in [0.25, 0.3) is 0 Å². The first-order valence-corrected chi connectivity index (χ1v) is 12.6. The third-order valence-electron chi connectivity index (χ3n) is 6.29. The van der Waals surface area contributed by atoms with E-state index in [9.17, 15) is 18.0 Å². The first-order valence-electron chi connectivity index (χ1n) is 10.8. The Labute approximate surface area is 179 Å². The number of benzene rings is 1. The van der Waals surface area contributed by atoms with Crippen LogP contribution >= 0.6 is 0 Å². The molecule has 0 bridgehead atoms. The van der Waals surface area contributed by atoms with Crippen LogP contribution in [0.4, 0.5) is 5.69 Å². The molecule has 1 saturated carbocycles. The van der Waals surface area contributed by atoms with Crippen molar-refractivity contribution in [2.45, 2.75) is 70.4 Å². The van der Waals surface area contributed by atoms with E-state index >= 15 is 0 Å². The second kappa shape index (κ2) is 9.06. The number of para-hydroxylation sites is 1. The van der Waals surface area contributed by atoms with E-state index in [-0.39, 0.29) is 25.0 Å². The summed E-state index contributed by atoms with van der Waals surface area (Å²) in [6, 6.07) is 7.45. The molecule has 1 aromatic carbocycles. The van der Waals surface area contributed by atoms with Crippen LogP contribution in [0.2, 0.25) is 0 Å². The molecule has 1 atom stereocenters. The zero-order valence-corrected chi connectivity index (χ0v) is 19.0. The number of amides is 2. The normalized spacial score (nSPS) is 24.9. The van der Waals surface area contributed by atoms with Crippen LogP contribution in [0.3, 0.4) is 0 Å². The molecule has 1 heterocycles. The van der Waals surface area contributed by atoms with Gasteiger partial charge in [-0.15, -0.1) is 0 Å². The number of nitrogens with one attached hydrogen (secondary N) is 1. The topological polar surface area (TPSA) is 86.8 Å². The Hall–Kier alpha value is -1.93.